The fourth-order valence-electron chi connectivity index (χ4n) is 3.88. The highest BCUT2D eigenvalue weighted by atomic mass is 19.1. The highest BCUT2D eigenvalue weighted by Crippen LogP contribution is 2.42. The Balaban J connectivity index is 2.85. The molecule has 3 heteroatoms. The third-order valence-corrected chi connectivity index (χ3v) is 5.27. The van der Waals surface area contributed by atoms with Crippen molar-refractivity contribution in [3.05, 3.63) is 52.3 Å². The molecule has 2 rings (SSSR count). The number of aliphatic hydroxyl groups is 1. The normalized spacial score (nSPS) is 11.6. The predicted molar refractivity (Wildman–Crippen MR) is 111 cm³/mol. The van der Waals surface area contributed by atoms with E-state index in [0.29, 0.717) is 11.5 Å². The van der Waals surface area contributed by atoms with E-state index in [9.17, 15) is 14.6 Å². The van der Waals surface area contributed by atoms with Crippen LogP contribution in [-0.4, -0.2) is 10.2 Å². The zero-order valence-corrected chi connectivity index (χ0v) is 17.3. The van der Waals surface area contributed by atoms with E-state index in [4.69, 9.17) is 0 Å². The van der Waals surface area contributed by atoms with Crippen LogP contribution in [0, 0.1) is 5.82 Å². The molecule has 0 atom stereocenters. The number of aliphatic hydroxyl groups excluding tert-OH is 1. The molecule has 0 heterocycles. The van der Waals surface area contributed by atoms with Crippen molar-refractivity contribution in [2.24, 2.45) is 0 Å². The minimum absolute atomic E-state index is 0.0722. The van der Waals surface area contributed by atoms with Gasteiger partial charge in [-0.05, 0) is 64.6 Å². The van der Waals surface area contributed by atoms with Crippen molar-refractivity contribution in [1.82, 2.24) is 0 Å². The van der Waals surface area contributed by atoms with Crippen LogP contribution in [0.3, 0.4) is 0 Å². The topological polar surface area (TPSA) is 40.5 Å². The number of hydrogen-bond acceptors (Lipinski definition) is 2. The summed E-state index contributed by atoms with van der Waals surface area (Å²) < 4.78 is 13.6. The SMILES string of the molecule is CCCCCc1c(C(C)C)cc(C(C)C)c(CO)c1-c1ccc(F)cc1O. The van der Waals surface area contributed by atoms with Crippen LogP contribution in [0.1, 0.15) is 88.0 Å². The third-order valence-electron chi connectivity index (χ3n) is 5.27. The molecule has 27 heavy (non-hydrogen) atoms. The molecule has 0 aliphatic heterocycles. The molecule has 2 aromatic carbocycles. The van der Waals surface area contributed by atoms with Crippen molar-refractivity contribution in [2.45, 2.75) is 78.7 Å². The van der Waals surface area contributed by atoms with Gasteiger partial charge in [-0.25, -0.2) is 4.39 Å². The molecule has 0 aromatic heterocycles. The first kappa shape index (κ1) is 21.4. The van der Waals surface area contributed by atoms with Crippen molar-refractivity contribution >= 4 is 0 Å². The van der Waals surface area contributed by atoms with E-state index in [0.717, 1.165) is 48.4 Å². The number of phenolic OH excluding ortho intramolecular Hbond substituents is 1. The summed E-state index contributed by atoms with van der Waals surface area (Å²) in [6, 6.07) is 6.40. The van der Waals surface area contributed by atoms with E-state index in [1.165, 1.54) is 17.2 Å². The minimum Gasteiger partial charge on any atom is -0.507 e. The van der Waals surface area contributed by atoms with Crippen LogP contribution in [0.4, 0.5) is 4.39 Å². The summed E-state index contributed by atoms with van der Waals surface area (Å²) in [5.41, 5.74) is 5.87. The molecule has 0 radical (unpaired) electrons. The van der Waals surface area contributed by atoms with Crippen LogP contribution in [0.25, 0.3) is 11.1 Å². The number of rotatable bonds is 8. The van der Waals surface area contributed by atoms with Gasteiger partial charge in [-0.1, -0.05) is 53.5 Å². The average molecular weight is 373 g/mol. The Morgan fingerprint density at radius 2 is 1.56 bits per heavy atom. The van der Waals surface area contributed by atoms with Gasteiger partial charge in [0.1, 0.15) is 11.6 Å². The van der Waals surface area contributed by atoms with Gasteiger partial charge in [0.2, 0.25) is 0 Å². The lowest BCUT2D eigenvalue weighted by molar-refractivity contribution is 0.280. The second-order valence-electron chi connectivity index (χ2n) is 7.97. The van der Waals surface area contributed by atoms with Crippen molar-refractivity contribution in [3.8, 4) is 16.9 Å². The Hall–Kier alpha value is -1.87. The Morgan fingerprint density at radius 3 is 2.07 bits per heavy atom. The summed E-state index contributed by atoms with van der Waals surface area (Å²) in [6.45, 7) is 10.7. The van der Waals surface area contributed by atoms with Crippen molar-refractivity contribution in [1.29, 1.82) is 0 Å². The molecular weight excluding hydrogens is 339 g/mol. The summed E-state index contributed by atoms with van der Waals surface area (Å²) in [7, 11) is 0. The summed E-state index contributed by atoms with van der Waals surface area (Å²) in [6.07, 6.45) is 4.20. The Bertz CT molecular complexity index is 778. The lowest BCUT2D eigenvalue weighted by atomic mass is 9.80. The minimum atomic E-state index is -0.460. The van der Waals surface area contributed by atoms with Gasteiger partial charge in [-0.15, -0.1) is 0 Å². The Labute approximate surface area is 163 Å². The standard InChI is InChI=1S/C24H33FO2/c1-6-7-8-9-18-20(15(2)3)13-21(16(4)5)22(14-26)24(18)19-11-10-17(25)12-23(19)27/h10-13,15-16,26-27H,6-9,14H2,1-5H3. The highest BCUT2D eigenvalue weighted by molar-refractivity contribution is 5.79. The van der Waals surface area contributed by atoms with Crippen LogP contribution in [0.5, 0.6) is 5.75 Å². The van der Waals surface area contributed by atoms with Gasteiger partial charge < -0.3 is 10.2 Å². The van der Waals surface area contributed by atoms with Crippen molar-refractivity contribution in [3.63, 3.8) is 0 Å². The van der Waals surface area contributed by atoms with E-state index in [1.807, 2.05) is 0 Å². The van der Waals surface area contributed by atoms with Gasteiger partial charge in [-0.3, -0.25) is 0 Å². The molecule has 0 aliphatic rings. The average Bonchev–Trinajstić information content (AvgIpc) is 2.61. The maximum atomic E-state index is 13.6. The molecule has 0 fully saturated rings. The molecule has 2 N–H and O–H groups in total. The molecule has 0 saturated heterocycles. The second-order valence-corrected chi connectivity index (χ2v) is 7.97. The van der Waals surface area contributed by atoms with Gasteiger partial charge in [0.05, 0.1) is 6.61 Å². The summed E-state index contributed by atoms with van der Waals surface area (Å²) in [5, 5.41) is 20.7. The number of hydrogen-bond donors (Lipinski definition) is 2. The molecule has 0 spiro atoms. The maximum absolute atomic E-state index is 13.6. The van der Waals surface area contributed by atoms with E-state index >= 15 is 0 Å². The van der Waals surface area contributed by atoms with Crippen LogP contribution in [-0.2, 0) is 13.0 Å². The number of benzene rings is 2. The number of aromatic hydroxyl groups is 1. The van der Waals surface area contributed by atoms with Crippen LogP contribution >= 0.6 is 0 Å². The van der Waals surface area contributed by atoms with Crippen molar-refractivity contribution < 1.29 is 14.6 Å². The summed E-state index contributed by atoms with van der Waals surface area (Å²) in [5.74, 6) is 0.0411. The van der Waals surface area contributed by atoms with Crippen LogP contribution in [0.15, 0.2) is 24.3 Å². The molecule has 0 amide bonds. The first-order valence-electron chi connectivity index (χ1n) is 10.1. The first-order chi connectivity index (χ1) is 12.8. The van der Waals surface area contributed by atoms with Gasteiger partial charge >= 0.3 is 0 Å². The van der Waals surface area contributed by atoms with Gasteiger partial charge in [-0.2, -0.15) is 0 Å². The third kappa shape index (κ3) is 4.70. The molecule has 0 aliphatic carbocycles. The molecule has 148 valence electrons. The Kier molecular flexibility index (Phi) is 7.43. The van der Waals surface area contributed by atoms with Crippen molar-refractivity contribution in [2.75, 3.05) is 0 Å². The molecular formula is C24H33FO2. The highest BCUT2D eigenvalue weighted by Gasteiger charge is 2.23. The summed E-state index contributed by atoms with van der Waals surface area (Å²) >= 11 is 0. The second kappa shape index (κ2) is 9.36. The van der Waals surface area contributed by atoms with Crippen LogP contribution in [0.2, 0.25) is 0 Å². The molecule has 0 saturated carbocycles. The monoisotopic (exact) mass is 372 g/mol. The zero-order chi connectivity index (χ0) is 20.1. The zero-order valence-electron chi connectivity index (χ0n) is 17.3. The van der Waals surface area contributed by atoms with E-state index in [2.05, 4.69) is 40.7 Å². The molecule has 2 aromatic rings. The number of halogens is 1. The van der Waals surface area contributed by atoms with E-state index < -0.39 is 5.82 Å². The van der Waals surface area contributed by atoms with Crippen LogP contribution < -0.4 is 0 Å². The largest absolute Gasteiger partial charge is 0.507 e. The van der Waals surface area contributed by atoms with E-state index in [1.54, 1.807) is 6.07 Å². The van der Waals surface area contributed by atoms with E-state index in [-0.39, 0.29) is 18.3 Å². The van der Waals surface area contributed by atoms with Gasteiger partial charge in [0, 0.05) is 11.6 Å². The smallest absolute Gasteiger partial charge is 0.126 e. The number of phenols is 1. The fraction of sp³-hybridized carbons (Fsp3) is 0.500. The molecule has 2 nitrogen and oxygen atoms in total. The maximum Gasteiger partial charge on any atom is 0.126 e. The van der Waals surface area contributed by atoms with Gasteiger partial charge in [0.15, 0.2) is 0 Å². The fourth-order valence-corrected chi connectivity index (χ4v) is 3.88. The lowest BCUT2D eigenvalue weighted by Gasteiger charge is -2.25. The number of unbranched alkanes of at least 4 members (excludes halogenated alkanes) is 2. The predicted octanol–water partition coefficient (Wildman–Crippen LogP) is 6.67. The first-order valence-corrected chi connectivity index (χ1v) is 10.1. The molecule has 0 unspecified atom stereocenters. The quantitative estimate of drug-likeness (QED) is 0.508. The Morgan fingerprint density at radius 1 is 0.926 bits per heavy atom. The molecule has 0 bridgehead atoms. The summed E-state index contributed by atoms with van der Waals surface area (Å²) in [4.78, 5) is 0. The van der Waals surface area contributed by atoms with Gasteiger partial charge in [0.25, 0.3) is 0 Å². The lowest BCUT2D eigenvalue weighted by Crippen LogP contribution is -2.09.